The lowest BCUT2D eigenvalue weighted by atomic mass is 9.88. The van der Waals surface area contributed by atoms with E-state index in [9.17, 15) is 4.79 Å². The van der Waals surface area contributed by atoms with Crippen molar-refractivity contribution in [1.82, 2.24) is 5.32 Å². The number of aliphatic hydroxyl groups is 1. The number of hydrogen-bond donors (Lipinski definition) is 2. The Hall–Kier alpha value is -0.830. The quantitative estimate of drug-likeness (QED) is 0.655. The van der Waals surface area contributed by atoms with Gasteiger partial charge in [0.05, 0.1) is 0 Å². The van der Waals surface area contributed by atoms with E-state index in [4.69, 9.17) is 5.11 Å². The van der Waals surface area contributed by atoms with Crippen molar-refractivity contribution in [2.24, 2.45) is 5.41 Å². The first kappa shape index (κ1) is 15.2. The minimum atomic E-state index is 0.0129. The molecule has 0 fully saturated rings. The Balaban J connectivity index is 4.03. The van der Waals surface area contributed by atoms with Gasteiger partial charge in [0.25, 0.3) is 0 Å². The molecule has 0 aromatic rings. The zero-order valence-corrected chi connectivity index (χ0v) is 11.0. The van der Waals surface area contributed by atoms with Crippen molar-refractivity contribution in [3.63, 3.8) is 0 Å². The Bertz CT molecular complexity index is 244. The second-order valence-electron chi connectivity index (χ2n) is 4.97. The van der Waals surface area contributed by atoms with Crippen LogP contribution in [0.5, 0.6) is 0 Å². The van der Waals surface area contributed by atoms with Gasteiger partial charge >= 0.3 is 0 Å². The molecule has 0 aliphatic carbocycles. The van der Waals surface area contributed by atoms with E-state index in [2.05, 4.69) is 19.2 Å². The molecule has 0 rings (SSSR count). The van der Waals surface area contributed by atoms with Crippen molar-refractivity contribution in [2.75, 3.05) is 13.2 Å². The molecule has 16 heavy (non-hydrogen) atoms. The minimum absolute atomic E-state index is 0.0129. The Morgan fingerprint density at radius 2 is 2.06 bits per heavy atom. The number of aliphatic hydroxyl groups excluding tert-OH is 1. The molecule has 0 aromatic heterocycles. The fourth-order valence-electron chi connectivity index (χ4n) is 1.50. The van der Waals surface area contributed by atoms with Crippen LogP contribution in [0.2, 0.25) is 0 Å². The van der Waals surface area contributed by atoms with Crippen LogP contribution in [0.15, 0.2) is 11.6 Å². The molecule has 0 unspecified atom stereocenters. The van der Waals surface area contributed by atoms with E-state index in [-0.39, 0.29) is 17.9 Å². The van der Waals surface area contributed by atoms with Crippen LogP contribution in [-0.4, -0.2) is 24.2 Å². The van der Waals surface area contributed by atoms with E-state index in [1.165, 1.54) is 0 Å². The molecule has 0 aliphatic rings. The van der Waals surface area contributed by atoms with Crippen molar-refractivity contribution >= 4 is 5.91 Å². The third-order valence-electron chi connectivity index (χ3n) is 2.61. The van der Waals surface area contributed by atoms with Crippen molar-refractivity contribution in [1.29, 1.82) is 0 Å². The van der Waals surface area contributed by atoms with Gasteiger partial charge in [0.1, 0.15) is 0 Å². The first-order chi connectivity index (χ1) is 7.43. The first-order valence-corrected chi connectivity index (χ1v) is 5.99. The van der Waals surface area contributed by atoms with E-state index in [1.807, 2.05) is 19.9 Å². The molecular weight excluding hydrogens is 202 g/mol. The molecule has 0 heterocycles. The normalized spacial score (nSPS) is 12.7. The standard InChI is InChI=1S/C13H25NO2/c1-5-7-11(2)12(16)14-10-13(3,4)8-6-9-15/h7,15H,5-6,8-10H2,1-4H3,(H,14,16)/b11-7-. The molecule has 2 N–H and O–H groups in total. The number of nitrogens with one attached hydrogen (secondary N) is 1. The number of amides is 1. The van der Waals surface area contributed by atoms with Crippen molar-refractivity contribution in [3.05, 3.63) is 11.6 Å². The van der Waals surface area contributed by atoms with Gasteiger partial charge in [-0.15, -0.1) is 0 Å². The maximum absolute atomic E-state index is 11.6. The number of carbonyl (C=O) groups is 1. The topological polar surface area (TPSA) is 49.3 Å². The number of hydrogen-bond acceptors (Lipinski definition) is 2. The Morgan fingerprint density at radius 3 is 2.56 bits per heavy atom. The molecule has 0 aromatic carbocycles. The van der Waals surface area contributed by atoms with Gasteiger partial charge in [-0.3, -0.25) is 4.79 Å². The van der Waals surface area contributed by atoms with E-state index < -0.39 is 0 Å². The SMILES string of the molecule is CC/C=C(/C)C(=O)NCC(C)(C)CCCO. The molecule has 0 spiro atoms. The number of rotatable bonds is 7. The van der Waals surface area contributed by atoms with Crippen molar-refractivity contribution in [2.45, 2.75) is 47.0 Å². The summed E-state index contributed by atoms with van der Waals surface area (Å²) < 4.78 is 0. The zero-order chi connectivity index (χ0) is 12.6. The number of allylic oxidation sites excluding steroid dienone is 1. The zero-order valence-electron chi connectivity index (χ0n) is 11.0. The van der Waals surface area contributed by atoms with Crippen LogP contribution in [0.25, 0.3) is 0 Å². The predicted molar refractivity (Wildman–Crippen MR) is 67.2 cm³/mol. The van der Waals surface area contributed by atoms with Crippen LogP contribution in [0.1, 0.15) is 47.0 Å². The summed E-state index contributed by atoms with van der Waals surface area (Å²) >= 11 is 0. The Labute approximate surface area is 98.9 Å². The second kappa shape index (κ2) is 7.44. The number of carbonyl (C=O) groups excluding carboxylic acids is 1. The molecule has 1 amide bonds. The van der Waals surface area contributed by atoms with Crippen LogP contribution in [0.4, 0.5) is 0 Å². The third-order valence-corrected chi connectivity index (χ3v) is 2.61. The van der Waals surface area contributed by atoms with Gasteiger partial charge in [-0.2, -0.15) is 0 Å². The summed E-state index contributed by atoms with van der Waals surface area (Å²) in [6.07, 6.45) is 4.51. The van der Waals surface area contributed by atoms with Crippen molar-refractivity contribution < 1.29 is 9.90 Å². The molecule has 3 heteroatoms. The smallest absolute Gasteiger partial charge is 0.246 e. The van der Waals surface area contributed by atoms with Crippen LogP contribution in [-0.2, 0) is 4.79 Å². The van der Waals surface area contributed by atoms with E-state index in [0.29, 0.717) is 6.54 Å². The van der Waals surface area contributed by atoms with Crippen LogP contribution < -0.4 is 5.32 Å². The van der Waals surface area contributed by atoms with Gasteiger partial charge in [0.2, 0.25) is 5.91 Å². The molecule has 0 atom stereocenters. The van der Waals surface area contributed by atoms with Gasteiger partial charge in [-0.05, 0) is 31.6 Å². The van der Waals surface area contributed by atoms with Gasteiger partial charge < -0.3 is 10.4 Å². The van der Waals surface area contributed by atoms with Crippen LogP contribution >= 0.6 is 0 Å². The van der Waals surface area contributed by atoms with Crippen LogP contribution in [0.3, 0.4) is 0 Å². The van der Waals surface area contributed by atoms with Gasteiger partial charge in [0.15, 0.2) is 0 Å². The lowest BCUT2D eigenvalue weighted by molar-refractivity contribution is -0.117. The summed E-state index contributed by atoms with van der Waals surface area (Å²) in [4.78, 5) is 11.6. The molecule has 0 aliphatic heterocycles. The monoisotopic (exact) mass is 227 g/mol. The summed E-state index contributed by atoms with van der Waals surface area (Å²) in [7, 11) is 0. The summed E-state index contributed by atoms with van der Waals surface area (Å²) in [6.45, 7) is 8.91. The molecular formula is C13H25NO2. The van der Waals surface area contributed by atoms with Gasteiger partial charge in [-0.1, -0.05) is 26.8 Å². The van der Waals surface area contributed by atoms with E-state index in [1.54, 1.807) is 0 Å². The molecule has 94 valence electrons. The van der Waals surface area contributed by atoms with Crippen molar-refractivity contribution in [3.8, 4) is 0 Å². The average Bonchev–Trinajstić information content (AvgIpc) is 2.23. The fourth-order valence-corrected chi connectivity index (χ4v) is 1.50. The molecule has 0 radical (unpaired) electrons. The predicted octanol–water partition coefficient (Wildman–Crippen LogP) is 2.26. The highest BCUT2D eigenvalue weighted by Crippen LogP contribution is 2.20. The molecule has 0 saturated heterocycles. The Kier molecular flexibility index (Phi) is 7.06. The molecule has 3 nitrogen and oxygen atoms in total. The third kappa shape index (κ3) is 6.62. The van der Waals surface area contributed by atoms with E-state index >= 15 is 0 Å². The highest BCUT2D eigenvalue weighted by Gasteiger charge is 2.18. The second-order valence-corrected chi connectivity index (χ2v) is 4.97. The highest BCUT2D eigenvalue weighted by molar-refractivity contribution is 5.92. The minimum Gasteiger partial charge on any atom is -0.396 e. The van der Waals surface area contributed by atoms with Gasteiger partial charge in [-0.25, -0.2) is 0 Å². The molecule has 0 bridgehead atoms. The average molecular weight is 227 g/mol. The fraction of sp³-hybridized carbons (Fsp3) is 0.769. The summed E-state index contributed by atoms with van der Waals surface area (Å²) in [6, 6.07) is 0. The lowest BCUT2D eigenvalue weighted by Crippen LogP contribution is -2.34. The Morgan fingerprint density at radius 1 is 1.44 bits per heavy atom. The van der Waals surface area contributed by atoms with Crippen LogP contribution in [0, 0.1) is 5.41 Å². The summed E-state index contributed by atoms with van der Waals surface area (Å²) in [5.74, 6) is 0.0129. The maximum atomic E-state index is 11.6. The highest BCUT2D eigenvalue weighted by atomic mass is 16.2. The largest absolute Gasteiger partial charge is 0.396 e. The lowest BCUT2D eigenvalue weighted by Gasteiger charge is -2.24. The van der Waals surface area contributed by atoms with E-state index in [0.717, 1.165) is 24.8 Å². The molecule has 0 saturated carbocycles. The van der Waals surface area contributed by atoms with Gasteiger partial charge in [0, 0.05) is 18.7 Å². The maximum Gasteiger partial charge on any atom is 0.246 e. The first-order valence-electron chi connectivity index (χ1n) is 5.99. The summed E-state index contributed by atoms with van der Waals surface area (Å²) in [5.41, 5.74) is 0.825. The summed E-state index contributed by atoms with van der Waals surface area (Å²) in [5, 5.41) is 11.7.